The summed E-state index contributed by atoms with van der Waals surface area (Å²) in [6.45, 7) is 9.31. The average Bonchev–Trinajstić information content (AvgIpc) is 3.23. The summed E-state index contributed by atoms with van der Waals surface area (Å²) in [4.78, 5) is 0. The van der Waals surface area contributed by atoms with Gasteiger partial charge in [-0.05, 0) is 159 Å². The maximum absolute atomic E-state index is 7.78. The van der Waals surface area contributed by atoms with Gasteiger partial charge in [0, 0.05) is 0 Å². The summed E-state index contributed by atoms with van der Waals surface area (Å²) < 4.78 is 7.78. The minimum absolute atomic E-state index is 0.201. The largest absolute Gasteiger partial charge is 0.365 e. The Morgan fingerprint density at radius 1 is 0.400 bits per heavy atom. The van der Waals surface area contributed by atoms with E-state index in [0.29, 0.717) is 11.8 Å². The quantitative estimate of drug-likeness (QED) is 0.122. The van der Waals surface area contributed by atoms with Crippen LogP contribution in [0, 0.1) is 47.3 Å². The minimum atomic E-state index is 0.201. The normalized spacial score (nSPS) is 30.2. The second-order valence-electron chi connectivity index (χ2n) is 19.9. The number of hydrogen-bond acceptors (Lipinski definition) is 1. The van der Waals surface area contributed by atoms with Crippen molar-refractivity contribution in [1.82, 2.24) is 0 Å². The van der Waals surface area contributed by atoms with Gasteiger partial charge < -0.3 is 4.74 Å². The van der Waals surface area contributed by atoms with Crippen LogP contribution in [0.4, 0.5) is 0 Å². The maximum Gasteiger partial charge on any atom is 0.0861 e. The Hall–Kier alpha value is -1.60. The van der Waals surface area contributed by atoms with Gasteiger partial charge in [0.2, 0.25) is 0 Å². The molecule has 0 bridgehead atoms. The maximum atomic E-state index is 7.78. The number of hydrogen-bond donors (Lipinski definition) is 0. The van der Waals surface area contributed by atoms with Crippen molar-refractivity contribution in [3.63, 3.8) is 0 Å². The molecular formula is C54H86O. The zero-order valence-electron chi connectivity index (χ0n) is 36.6. The predicted molar refractivity (Wildman–Crippen MR) is 238 cm³/mol. The van der Waals surface area contributed by atoms with Crippen molar-refractivity contribution < 1.29 is 4.74 Å². The van der Waals surface area contributed by atoms with E-state index in [4.69, 9.17) is 4.74 Å². The molecule has 0 aliphatic heterocycles. The number of ether oxygens (including phenoxy) is 1. The lowest BCUT2D eigenvalue weighted by Gasteiger charge is -2.43. The number of rotatable bonds is 20. The van der Waals surface area contributed by atoms with E-state index >= 15 is 0 Å². The zero-order chi connectivity index (χ0) is 38.2. The Labute approximate surface area is 341 Å². The molecule has 2 atom stereocenters. The molecule has 2 unspecified atom stereocenters. The van der Waals surface area contributed by atoms with Crippen LogP contribution in [0.3, 0.4) is 0 Å². The van der Waals surface area contributed by atoms with Crippen molar-refractivity contribution in [3.8, 4) is 0 Å². The Kier molecular flexibility index (Phi) is 18.1. The van der Waals surface area contributed by atoms with Crippen molar-refractivity contribution in [1.29, 1.82) is 0 Å². The molecule has 1 nitrogen and oxygen atoms in total. The summed E-state index contributed by atoms with van der Waals surface area (Å²) >= 11 is 0. The first-order chi connectivity index (χ1) is 27.1. The summed E-state index contributed by atoms with van der Waals surface area (Å²) in [5.74, 6) is 7.16. The molecule has 2 aromatic rings. The smallest absolute Gasteiger partial charge is 0.0861 e. The molecule has 2 aromatic carbocycles. The van der Waals surface area contributed by atoms with Crippen LogP contribution in [0.25, 0.3) is 0 Å². The summed E-state index contributed by atoms with van der Waals surface area (Å²) in [7, 11) is 0. The second-order valence-corrected chi connectivity index (χ2v) is 19.9. The Morgan fingerprint density at radius 3 is 1.04 bits per heavy atom. The van der Waals surface area contributed by atoms with E-state index in [9.17, 15) is 0 Å². The van der Waals surface area contributed by atoms with E-state index in [-0.39, 0.29) is 12.2 Å². The molecule has 0 aromatic heterocycles. The molecule has 4 aliphatic rings. The molecule has 4 aliphatic carbocycles. The molecule has 4 fully saturated rings. The molecule has 1 heteroatoms. The highest BCUT2D eigenvalue weighted by molar-refractivity contribution is 5.27. The van der Waals surface area contributed by atoms with E-state index in [0.717, 1.165) is 35.5 Å². The van der Waals surface area contributed by atoms with Crippen LogP contribution in [-0.2, 0) is 17.6 Å². The van der Waals surface area contributed by atoms with Crippen LogP contribution in [-0.4, -0.2) is 0 Å². The third kappa shape index (κ3) is 12.7. The molecule has 6 rings (SSSR count). The highest BCUT2D eigenvalue weighted by Gasteiger charge is 2.39. The fraction of sp³-hybridized carbons (Fsp3) is 0.778. The molecule has 55 heavy (non-hydrogen) atoms. The first kappa shape index (κ1) is 43.0. The highest BCUT2D eigenvalue weighted by Crippen LogP contribution is 2.50. The Bertz CT molecular complexity index is 1180. The summed E-state index contributed by atoms with van der Waals surface area (Å²) in [5, 5.41) is 0. The van der Waals surface area contributed by atoms with Crippen molar-refractivity contribution in [2.45, 2.75) is 220 Å². The van der Waals surface area contributed by atoms with Gasteiger partial charge in [-0.1, -0.05) is 166 Å². The molecule has 308 valence electrons. The van der Waals surface area contributed by atoms with Crippen LogP contribution in [0.2, 0.25) is 0 Å². The summed E-state index contributed by atoms with van der Waals surface area (Å²) in [6.07, 6.45) is 39.8. The molecule has 0 radical (unpaired) electrons. The van der Waals surface area contributed by atoms with Crippen molar-refractivity contribution in [3.05, 3.63) is 70.8 Å². The fourth-order valence-corrected chi connectivity index (χ4v) is 12.5. The Balaban J connectivity index is 1.13. The average molecular weight is 751 g/mol. The second kappa shape index (κ2) is 23.1. The van der Waals surface area contributed by atoms with Gasteiger partial charge in [0.25, 0.3) is 0 Å². The van der Waals surface area contributed by atoms with E-state index in [1.807, 2.05) is 0 Å². The van der Waals surface area contributed by atoms with Gasteiger partial charge >= 0.3 is 0 Å². The third-order valence-corrected chi connectivity index (χ3v) is 16.0. The fourth-order valence-electron chi connectivity index (χ4n) is 12.5. The summed E-state index contributed by atoms with van der Waals surface area (Å²) in [6, 6.07) is 19.6. The van der Waals surface area contributed by atoms with Crippen molar-refractivity contribution in [2.24, 2.45) is 47.3 Å². The molecular weight excluding hydrogens is 665 g/mol. The lowest BCUT2D eigenvalue weighted by atomic mass is 9.67. The first-order valence-corrected chi connectivity index (χ1v) is 24.9. The van der Waals surface area contributed by atoms with E-state index in [1.54, 1.807) is 0 Å². The molecule has 0 N–H and O–H groups in total. The lowest BCUT2D eigenvalue weighted by Crippen LogP contribution is -2.31. The van der Waals surface area contributed by atoms with Gasteiger partial charge in [-0.25, -0.2) is 0 Å². The van der Waals surface area contributed by atoms with Crippen LogP contribution in [0.15, 0.2) is 48.5 Å². The molecule has 0 amide bonds. The standard InChI is InChI=1S/C54H86O/c1-5-9-11-15-43-17-25-45(26-18-43)47-33-37-51(38-34-47)53(49-29-21-41(13-7-3)22-30-49)55-54(50-31-23-42(14-8-4)24-32-50)52-39-35-48(36-40-52)46-27-19-44(20-28-46)16-12-10-6-2/h21-24,29-32,43-48,51-54H,5-20,25-28,33-40H2,1-4H3/t43-,44-,45-,46-,47-,48-,51-,52-,53?,54?. The van der Waals surface area contributed by atoms with Gasteiger partial charge in [-0.15, -0.1) is 0 Å². The third-order valence-electron chi connectivity index (χ3n) is 16.0. The van der Waals surface area contributed by atoms with Crippen molar-refractivity contribution >= 4 is 0 Å². The number of benzene rings is 2. The van der Waals surface area contributed by atoms with Crippen LogP contribution in [0.5, 0.6) is 0 Å². The molecule has 0 heterocycles. The van der Waals surface area contributed by atoms with Crippen LogP contribution >= 0.6 is 0 Å². The molecule has 0 spiro atoms. The lowest BCUT2D eigenvalue weighted by molar-refractivity contribution is -0.0934. The molecule has 4 saturated carbocycles. The van der Waals surface area contributed by atoms with Crippen molar-refractivity contribution in [2.75, 3.05) is 0 Å². The molecule has 0 saturated heterocycles. The van der Waals surface area contributed by atoms with Crippen LogP contribution in [0.1, 0.15) is 229 Å². The monoisotopic (exact) mass is 751 g/mol. The first-order valence-electron chi connectivity index (χ1n) is 24.9. The van der Waals surface area contributed by atoms with E-state index in [2.05, 4.69) is 76.2 Å². The Morgan fingerprint density at radius 2 is 0.727 bits per heavy atom. The van der Waals surface area contributed by atoms with Crippen LogP contribution < -0.4 is 0 Å². The zero-order valence-corrected chi connectivity index (χ0v) is 36.6. The van der Waals surface area contributed by atoms with E-state index in [1.165, 1.54) is 202 Å². The van der Waals surface area contributed by atoms with Gasteiger partial charge in [-0.2, -0.15) is 0 Å². The predicted octanol–water partition coefficient (Wildman–Crippen LogP) is 16.8. The minimum Gasteiger partial charge on any atom is -0.365 e. The summed E-state index contributed by atoms with van der Waals surface area (Å²) in [5.41, 5.74) is 5.87. The topological polar surface area (TPSA) is 9.23 Å². The van der Waals surface area contributed by atoms with E-state index < -0.39 is 0 Å². The SMILES string of the molecule is CCCCC[C@H]1CC[C@H]([C@H]2CC[C@H](C(OC(c3ccc(CCC)cc3)[C@H]3CC[C@H]([C@H]4CC[C@H](CCCCC)CC4)CC3)c3ccc(CCC)cc3)CC2)CC1. The van der Waals surface area contributed by atoms with Gasteiger partial charge in [0.05, 0.1) is 12.2 Å². The van der Waals surface area contributed by atoms with Gasteiger partial charge in [-0.3, -0.25) is 0 Å². The number of unbranched alkanes of at least 4 members (excludes halogenated alkanes) is 4. The van der Waals surface area contributed by atoms with Gasteiger partial charge in [0.1, 0.15) is 0 Å². The van der Waals surface area contributed by atoms with Gasteiger partial charge in [0.15, 0.2) is 0 Å². The number of aryl methyl sites for hydroxylation is 2. The highest BCUT2D eigenvalue weighted by atomic mass is 16.5.